The summed E-state index contributed by atoms with van der Waals surface area (Å²) in [5, 5.41) is 2.62. The van der Waals surface area contributed by atoms with Crippen LogP contribution in [0.25, 0.3) is 0 Å². The number of hydrogen-bond acceptors (Lipinski definition) is 3. The first-order chi connectivity index (χ1) is 11.6. The fourth-order valence-electron chi connectivity index (χ4n) is 2.48. The average molecular weight is 349 g/mol. The van der Waals surface area contributed by atoms with E-state index in [0.717, 1.165) is 0 Å². The van der Waals surface area contributed by atoms with Gasteiger partial charge in [0.05, 0.1) is 16.3 Å². The number of nitrogens with one attached hydrogen (secondary N) is 1. The second-order valence-electron chi connectivity index (χ2n) is 5.15. The summed E-state index contributed by atoms with van der Waals surface area (Å²) in [6.07, 6.45) is 0. The maximum Gasteiger partial charge on any atom is 0.265 e. The molecule has 0 aromatic heterocycles. The fourth-order valence-corrected chi connectivity index (χ4v) is 2.73. The number of carbonyl (C=O) groups is 2. The fraction of sp³-hybridized carbons (Fsp3) is 0.176. The molecule has 1 heterocycles. The molecule has 1 aliphatic rings. The molecule has 2 aromatic rings. The van der Waals surface area contributed by atoms with Crippen molar-refractivity contribution in [2.24, 2.45) is 0 Å². The second-order valence-corrected chi connectivity index (χ2v) is 5.56. The van der Waals surface area contributed by atoms with Gasteiger partial charge >= 0.3 is 0 Å². The van der Waals surface area contributed by atoms with E-state index >= 15 is 0 Å². The lowest BCUT2D eigenvalue weighted by Crippen LogP contribution is -2.43. The molecule has 0 spiro atoms. The largest absolute Gasteiger partial charge is 0.482 e. The Hall–Kier alpha value is -2.60. The minimum absolute atomic E-state index is 0.0419. The molecule has 3 rings (SSSR count). The first kappa shape index (κ1) is 16.3. The van der Waals surface area contributed by atoms with Crippen molar-refractivity contribution in [3.63, 3.8) is 0 Å². The van der Waals surface area contributed by atoms with Crippen molar-refractivity contribution in [2.45, 2.75) is 0 Å². The van der Waals surface area contributed by atoms with E-state index < -0.39 is 11.7 Å². The number of hydrogen-bond donors (Lipinski definition) is 1. The standard InChI is InChI=1S/C17H14ClFN2O3/c18-11-4-3-5-12(19)16(11)17(23)20-8-9-21-13-6-1-2-7-14(13)24-10-15(21)22/h1-7H,8-10H2,(H,20,23). The molecule has 0 aliphatic carbocycles. The van der Waals surface area contributed by atoms with Gasteiger partial charge in [0.25, 0.3) is 11.8 Å². The van der Waals surface area contributed by atoms with E-state index in [1.54, 1.807) is 18.2 Å². The summed E-state index contributed by atoms with van der Waals surface area (Å²) in [4.78, 5) is 25.6. The van der Waals surface area contributed by atoms with Crippen LogP contribution in [0.3, 0.4) is 0 Å². The van der Waals surface area contributed by atoms with Crippen LogP contribution in [0.4, 0.5) is 10.1 Å². The molecule has 0 fully saturated rings. The first-order valence-electron chi connectivity index (χ1n) is 7.32. The van der Waals surface area contributed by atoms with Crippen LogP contribution in [-0.2, 0) is 4.79 Å². The Morgan fingerprint density at radius 2 is 2.04 bits per heavy atom. The van der Waals surface area contributed by atoms with Crippen LogP contribution >= 0.6 is 11.6 Å². The number of fused-ring (bicyclic) bond motifs is 1. The normalized spacial score (nSPS) is 13.2. The van der Waals surface area contributed by atoms with Crippen LogP contribution in [0.2, 0.25) is 5.02 Å². The molecule has 0 bridgehead atoms. The van der Waals surface area contributed by atoms with Crippen LogP contribution in [-0.4, -0.2) is 31.5 Å². The van der Waals surface area contributed by atoms with Gasteiger partial charge in [0.1, 0.15) is 11.6 Å². The molecule has 0 saturated carbocycles. The van der Waals surface area contributed by atoms with Gasteiger partial charge in [0, 0.05) is 13.1 Å². The summed E-state index contributed by atoms with van der Waals surface area (Å²) in [6.45, 7) is 0.352. The highest BCUT2D eigenvalue weighted by atomic mass is 35.5. The minimum Gasteiger partial charge on any atom is -0.482 e. The third-order valence-electron chi connectivity index (χ3n) is 3.62. The minimum atomic E-state index is -0.687. The average Bonchev–Trinajstić information content (AvgIpc) is 2.57. The van der Waals surface area contributed by atoms with E-state index in [1.807, 2.05) is 6.07 Å². The number of rotatable bonds is 4. The second kappa shape index (κ2) is 6.88. The van der Waals surface area contributed by atoms with Gasteiger partial charge in [0.15, 0.2) is 6.61 Å². The van der Waals surface area contributed by atoms with Crippen molar-refractivity contribution < 1.29 is 18.7 Å². The zero-order chi connectivity index (χ0) is 17.1. The van der Waals surface area contributed by atoms with Gasteiger partial charge in [-0.2, -0.15) is 0 Å². The molecule has 2 aromatic carbocycles. The van der Waals surface area contributed by atoms with Crippen molar-refractivity contribution in [1.82, 2.24) is 5.32 Å². The summed E-state index contributed by atoms with van der Waals surface area (Å²) in [5.74, 6) is -0.896. The van der Waals surface area contributed by atoms with Crippen LogP contribution in [0, 0.1) is 5.82 Å². The lowest BCUT2D eigenvalue weighted by atomic mass is 10.2. The quantitative estimate of drug-likeness (QED) is 0.924. The Labute approximate surface area is 143 Å². The van der Waals surface area contributed by atoms with E-state index in [1.165, 1.54) is 23.1 Å². The molecule has 0 saturated heterocycles. The Balaban J connectivity index is 1.67. The molecule has 2 amide bonds. The lowest BCUT2D eigenvalue weighted by molar-refractivity contribution is -0.121. The number of benzene rings is 2. The Morgan fingerprint density at radius 3 is 2.83 bits per heavy atom. The molecule has 0 atom stereocenters. The monoisotopic (exact) mass is 348 g/mol. The van der Waals surface area contributed by atoms with E-state index in [-0.39, 0.29) is 36.2 Å². The van der Waals surface area contributed by atoms with Gasteiger partial charge < -0.3 is 15.0 Å². The van der Waals surface area contributed by atoms with Crippen molar-refractivity contribution >= 4 is 29.1 Å². The van der Waals surface area contributed by atoms with Gasteiger partial charge in [-0.1, -0.05) is 29.8 Å². The highest BCUT2D eigenvalue weighted by molar-refractivity contribution is 6.33. The molecule has 5 nitrogen and oxygen atoms in total. The van der Waals surface area contributed by atoms with E-state index in [0.29, 0.717) is 11.4 Å². The van der Waals surface area contributed by atoms with Crippen molar-refractivity contribution in [3.05, 3.63) is 58.9 Å². The van der Waals surface area contributed by atoms with Gasteiger partial charge in [-0.25, -0.2) is 4.39 Å². The SMILES string of the molecule is O=C(NCCN1C(=O)COc2ccccc21)c1c(F)cccc1Cl. The summed E-state index contributed by atoms with van der Waals surface area (Å²) in [5.41, 5.74) is 0.444. The molecule has 1 N–H and O–H groups in total. The van der Waals surface area contributed by atoms with Crippen molar-refractivity contribution in [1.29, 1.82) is 0 Å². The van der Waals surface area contributed by atoms with Gasteiger partial charge in [0.2, 0.25) is 0 Å². The Morgan fingerprint density at radius 1 is 1.25 bits per heavy atom. The maximum absolute atomic E-state index is 13.7. The first-order valence-corrected chi connectivity index (χ1v) is 7.70. The zero-order valence-electron chi connectivity index (χ0n) is 12.6. The number of anilines is 1. The predicted octanol–water partition coefficient (Wildman–Crippen LogP) is 2.63. The molecular weight excluding hydrogens is 335 g/mol. The molecule has 0 unspecified atom stereocenters. The highest BCUT2D eigenvalue weighted by Crippen LogP contribution is 2.31. The topological polar surface area (TPSA) is 58.6 Å². The zero-order valence-corrected chi connectivity index (χ0v) is 13.3. The summed E-state index contributed by atoms with van der Waals surface area (Å²) in [6, 6.07) is 11.2. The van der Waals surface area contributed by atoms with E-state index in [9.17, 15) is 14.0 Å². The van der Waals surface area contributed by atoms with Crippen molar-refractivity contribution in [3.8, 4) is 5.75 Å². The molecule has 0 radical (unpaired) electrons. The number of ether oxygens (including phenoxy) is 1. The number of para-hydroxylation sites is 2. The molecule has 124 valence electrons. The summed E-state index contributed by atoms with van der Waals surface area (Å²) in [7, 11) is 0. The number of amides is 2. The molecule has 7 heteroatoms. The van der Waals surface area contributed by atoms with Crippen LogP contribution < -0.4 is 15.0 Å². The van der Waals surface area contributed by atoms with Gasteiger partial charge in [-0.3, -0.25) is 9.59 Å². The van der Waals surface area contributed by atoms with Gasteiger partial charge in [-0.15, -0.1) is 0 Å². The van der Waals surface area contributed by atoms with Gasteiger partial charge in [-0.05, 0) is 24.3 Å². The van der Waals surface area contributed by atoms with E-state index in [4.69, 9.17) is 16.3 Å². The lowest BCUT2D eigenvalue weighted by Gasteiger charge is -2.29. The summed E-state index contributed by atoms with van der Waals surface area (Å²) >= 11 is 5.86. The number of carbonyl (C=O) groups excluding carboxylic acids is 2. The maximum atomic E-state index is 13.7. The van der Waals surface area contributed by atoms with Crippen LogP contribution in [0.1, 0.15) is 10.4 Å². The van der Waals surface area contributed by atoms with Crippen LogP contribution in [0.15, 0.2) is 42.5 Å². The number of halogens is 2. The molecule has 1 aliphatic heterocycles. The molecular formula is C17H14ClFN2O3. The Kier molecular flexibility index (Phi) is 4.66. The third-order valence-corrected chi connectivity index (χ3v) is 3.93. The molecule has 24 heavy (non-hydrogen) atoms. The van der Waals surface area contributed by atoms with Crippen molar-refractivity contribution in [2.75, 3.05) is 24.6 Å². The van der Waals surface area contributed by atoms with Crippen LogP contribution in [0.5, 0.6) is 5.75 Å². The highest BCUT2D eigenvalue weighted by Gasteiger charge is 2.25. The summed E-state index contributed by atoms with van der Waals surface area (Å²) < 4.78 is 19.1. The third kappa shape index (κ3) is 3.19. The predicted molar refractivity (Wildman–Crippen MR) is 88.0 cm³/mol. The van der Waals surface area contributed by atoms with E-state index in [2.05, 4.69) is 5.32 Å². The number of nitrogens with zero attached hydrogens (tertiary/aromatic N) is 1. The smallest absolute Gasteiger partial charge is 0.265 e. The Bertz CT molecular complexity index is 777.